The van der Waals surface area contributed by atoms with E-state index in [1.807, 2.05) is 13.0 Å². The maximum Gasteiger partial charge on any atom is 0.373 e. The van der Waals surface area contributed by atoms with E-state index in [0.717, 1.165) is 0 Å². The highest BCUT2D eigenvalue weighted by atomic mass is 17.2. The van der Waals surface area contributed by atoms with Gasteiger partial charge in [0.2, 0.25) is 0 Å². The standard InChI is InChI=1S/C12H15O4/c1-10(14-2)8-9-15-16-12(13)11-6-4-3-5-7-11/h3-7,9-10H,8H2,1-2H3. The molecule has 1 atom stereocenters. The molecule has 0 bridgehead atoms. The van der Waals surface area contributed by atoms with Gasteiger partial charge < -0.3 is 4.74 Å². The number of rotatable bonds is 6. The average Bonchev–Trinajstić information content (AvgIpc) is 2.35. The Morgan fingerprint density at radius 3 is 2.69 bits per heavy atom. The highest BCUT2D eigenvalue weighted by Gasteiger charge is 2.07. The Kier molecular flexibility index (Phi) is 5.53. The van der Waals surface area contributed by atoms with Gasteiger partial charge in [0.15, 0.2) is 0 Å². The van der Waals surface area contributed by atoms with Crippen molar-refractivity contribution in [3.63, 3.8) is 0 Å². The van der Waals surface area contributed by atoms with Crippen LogP contribution in [0.2, 0.25) is 0 Å². The highest BCUT2D eigenvalue weighted by Crippen LogP contribution is 2.04. The molecular weight excluding hydrogens is 208 g/mol. The summed E-state index contributed by atoms with van der Waals surface area (Å²) in [6, 6.07) is 8.65. The molecule has 0 spiro atoms. The molecule has 1 radical (unpaired) electrons. The van der Waals surface area contributed by atoms with Gasteiger partial charge >= 0.3 is 5.97 Å². The number of hydrogen-bond donors (Lipinski definition) is 0. The van der Waals surface area contributed by atoms with Crippen LogP contribution in [-0.2, 0) is 14.5 Å². The van der Waals surface area contributed by atoms with Gasteiger partial charge in [0.1, 0.15) is 6.61 Å². The predicted octanol–water partition coefficient (Wildman–Crippen LogP) is 2.36. The van der Waals surface area contributed by atoms with Crippen molar-refractivity contribution >= 4 is 5.97 Å². The molecule has 0 saturated carbocycles. The van der Waals surface area contributed by atoms with Crippen LogP contribution >= 0.6 is 0 Å². The van der Waals surface area contributed by atoms with Crippen molar-refractivity contribution in [1.82, 2.24) is 0 Å². The van der Waals surface area contributed by atoms with Crippen LogP contribution in [0.15, 0.2) is 30.3 Å². The number of carbonyl (C=O) groups is 1. The molecule has 1 aromatic rings. The fourth-order valence-corrected chi connectivity index (χ4v) is 0.971. The average molecular weight is 223 g/mol. The molecule has 0 heterocycles. The SMILES string of the molecule is COC(C)C[CH]OOC(=O)c1ccccc1. The van der Waals surface area contributed by atoms with E-state index in [9.17, 15) is 4.79 Å². The van der Waals surface area contributed by atoms with Crippen molar-refractivity contribution < 1.29 is 19.3 Å². The minimum Gasteiger partial charge on any atom is -0.382 e. The third-order valence-electron chi connectivity index (χ3n) is 2.03. The molecule has 4 heteroatoms. The molecule has 0 aromatic heterocycles. The summed E-state index contributed by atoms with van der Waals surface area (Å²) in [6.07, 6.45) is 0.592. The first-order valence-corrected chi connectivity index (χ1v) is 5.01. The lowest BCUT2D eigenvalue weighted by atomic mass is 10.2. The Morgan fingerprint density at radius 1 is 1.38 bits per heavy atom. The van der Waals surface area contributed by atoms with Gasteiger partial charge in [-0.3, -0.25) is 4.89 Å². The molecule has 0 amide bonds. The van der Waals surface area contributed by atoms with Gasteiger partial charge in [-0.05, 0) is 19.1 Å². The number of hydrogen-bond acceptors (Lipinski definition) is 4. The molecule has 1 aromatic carbocycles. The maximum atomic E-state index is 11.4. The van der Waals surface area contributed by atoms with E-state index in [1.54, 1.807) is 31.4 Å². The van der Waals surface area contributed by atoms with Crippen LogP contribution < -0.4 is 0 Å². The van der Waals surface area contributed by atoms with E-state index < -0.39 is 5.97 Å². The number of methoxy groups -OCH3 is 1. The van der Waals surface area contributed by atoms with Gasteiger partial charge in [0.05, 0.1) is 11.7 Å². The van der Waals surface area contributed by atoms with Gasteiger partial charge in [-0.2, -0.15) is 4.89 Å². The zero-order valence-electron chi connectivity index (χ0n) is 9.38. The fraction of sp³-hybridized carbons (Fsp3) is 0.333. The number of carbonyl (C=O) groups excluding carboxylic acids is 1. The second-order valence-corrected chi connectivity index (χ2v) is 3.28. The van der Waals surface area contributed by atoms with Crippen LogP contribution in [0.25, 0.3) is 0 Å². The van der Waals surface area contributed by atoms with E-state index in [4.69, 9.17) is 4.74 Å². The van der Waals surface area contributed by atoms with E-state index in [0.29, 0.717) is 12.0 Å². The molecule has 0 saturated heterocycles. The van der Waals surface area contributed by atoms with Crippen LogP contribution in [0.5, 0.6) is 0 Å². The summed E-state index contributed by atoms with van der Waals surface area (Å²) in [7, 11) is 1.61. The van der Waals surface area contributed by atoms with Crippen LogP contribution in [0.1, 0.15) is 23.7 Å². The molecule has 87 valence electrons. The van der Waals surface area contributed by atoms with Gasteiger partial charge in [-0.15, -0.1) is 0 Å². The Bertz CT molecular complexity index is 310. The number of benzene rings is 1. The second kappa shape index (κ2) is 6.98. The Balaban J connectivity index is 2.21. The topological polar surface area (TPSA) is 44.8 Å². The van der Waals surface area contributed by atoms with E-state index in [-0.39, 0.29) is 6.10 Å². The van der Waals surface area contributed by atoms with E-state index in [2.05, 4.69) is 9.78 Å². The lowest BCUT2D eigenvalue weighted by Crippen LogP contribution is -2.08. The first kappa shape index (κ1) is 12.7. The quantitative estimate of drug-likeness (QED) is 0.422. The zero-order chi connectivity index (χ0) is 11.8. The van der Waals surface area contributed by atoms with Gasteiger partial charge in [0.25, 0.3) is 0 Å². The van der Waals surface area contributed by atoms with E-state index >= 15 is 0 Å². The van der Waals surface area contributed by atoms with Crippen LogP contribution in [0, 0.1) is 6.61 Å². The van der Waals surface area contributed by atoms with Crippen LogP contribution in [0.4, 0.5) is 0 Å². The summed E-state index contributed by atoms with van der Waals surface area (Å²) < 4.78 is 4.99. The molecule has 0 N–H and O–H groups in total. The first-order chi connectivity index (χ1) is 7.74. The molecule has 1 unspecified atom stereocenters. The lowest BCUT2D eigenvalue weighted by Gasteiger charge is -2.07. The summed E-state index contributed by atoms with van der Waals surface area (Å²) in [4.78, 5) is 20.6. The largest absolute Gasteiger partial charge is 0.382 e. The molecule has 16 heavy (non-hydrogen) atoms. The summed E-state index contributed by atoms with van der Waals surface area (Å²) >= 11 is 0. The van der Waals surface area contributed by atoms with Crippen molar-refractivity contribution in [3.05, 3.63) is 42.5 Å². The molecule has 0 fully saturated rings. The van der Waals surface area contributed by atoms with Crippen molar-refractivity contribution in [2.75, 3.05) is 7.11 Å². The zero-order valence-corrected chi connectivity index (χ0v) is 9.38. The minimum atomic E-state index is -0.512. The van der Waals surface area contributed by atoms with Gasteiger partial charge in [-0.25, -0.2) is 4.79 Å². The number of ether oxygens (including phenoxy) is 1. The Morgan fingerprint density at radius 2 is 2.06 bits per heavy atom. The Hall–Kier alpha value is -1.39. The summed E-state index contributed by atoms with van der Waals surface area (Å²) in [5.41, 5.74) is 0.454. The molecule has 4 nitrogen and oxygen atoms in total. The smallest absolute Gasteiger partial charge is 0.373 e. The van der Waals surface area contributed by atoms with Gasteiger partial charge in [-0.1, -0.05) is 18.2 Å². The third-order valence-corrected chi connectivity index (χ3v) is 2.03. The molecule has 0 aliphatic carbocycles. The van der Waals surface area contributed by atoms with Crippen LogP contribution in [0.3, 0.4) is 0 Å². The van der Waals surface area contributed by atoms with Crippen molar-refractivity contribution in [2.24, 2.45) is 0 Å². The summed E-state index contributed by atoms with van der Waals surface area (Å²) in [5.74, 6) is -0.512. The minimum absolute atomic E-state index is 0.0374. The monoisotopic (exact) mass is 223 g/mol. The molecular formula is C12H15O4. The molecule has 0 aliphatic rings. The normalized spacial score (nSPS) is 12.1. The van der Waals surface area contributed by atoms with Gasteiger partial charge in [0, 0.05) is 13.5 Å². The van der Waals surface area contributed by atoms with Crippen molar-refractivity contribution in [1.29, 1.82) is 0 Å². The Labute approximate surface area is 95.1 Å². The predicted molar refractivity (Wildman–Crippen MR) is 58.3 cm³/mol. The van der Waals surface area contributed by atoms with Crippen LogP contribution in [-0.4, -0.2) is 19.2 Å². The fourth-order valence-electron chi connectivity index (χ4n) is 0.971. The van der Waals surface area contributed by atoms with Crippen molar-refractivity contribution in [2.45, 2.75) is 19.4 Å². The van der Waals surface area contributed by atoms with E-state index in [1.165, 1.54) is 6.61 Å². The maximum absolute atomic E-state index is 11.4. The molecule has 1 rings (SSSR count). The first-order valence-electron chi connectivity index (χ1n) is 5.01. The molecule has 0 aliphatic heterocycles. The highest BCUT2D eigenvalue weighted by molar-refractivity contribution is 5.88. The summed E-state index contributed by atoms with van der Waals surface area (Å²) in [6.45, 7) is 3.29. The van der Waals surface area contributed by atoms with Crippen molar-refractivity contribution in [3.8, 4) is 0 Å². The third kappa shape index (κ3) is 4.42. The second-order valence-electron chi connectivity index (χ2n) is 3.28. The lowest BCUT2D eigenvalue weighted by molar-refractivity contribution is -0.215. The summed E-state index contributed by atoms with van der Waals surface area (Å²) in [5, 5.41) is 0.